The number of hydrogen-bond acceptors (Lipinski definition) is 4. The summed E-state index contributed by atoms with van der Waals surface area (Å²) in [5, 5.41) is 2.89. The number of carbonyl (C=O) groups is 2. The van der Waals surface area contributed by atoms with Gasteiger partial charge in [-0.3, -0.25) is 4.79 Å². The van der Waals surface area contributed by atoms with Crippen molar-refractivity contribution in [1.82, 2.24) is 20.1 Å². The minimum Gasteiger partial charge on any atom is -0.441 e. The van der Waals surface area contributed by atoms with Crippen molar-refractivity contribution in [3.05, 3.63) is 29.7 Å². The summed E-state index contributed by atoms with van der Waals surface area (Å²) in [5.41, 5.74) is 1.97. The largest absolute Gasteiger partial charge is 0.441 e. The number of nitrogens with one attached hydrogen (secondary N) is 1. The van der Waals surface area contributed by atoms with Gasteiger partial charge in [-0.25, -0.2) is 9.78 Å². The Hall–Kier alpha value is -2.57. The van der Waals surface area contributed by atoms with Crippen LogP contribution in [0.1, 0.15) is 36.0 Å². The molecule has 7 heteroatoms. The Morgan fingerprint density at radius 1 is 1.20 bits per heavy atom. The summed E-state index contributed by atoms with van der Waals surface area (Å²) in [6.45, 7) is 6.87. The summed E-state index contributed by atoms with van der Waals surface area (Å²) in [7, 11) is 0. The van der Waals surface area contributed by atoms with Crippen molar-refractivity contribution in [3.8, 4) is 0 Å². The van der Waals surface area contributed by atoms with Gasteiger partial charge in [-0.05, 0) is 31.0 Å². The molecule has 0 saturated carbocycles. The lowest BCUT2D eigenvalue weighted by molar-refractivity contribution is 0.0762. The third-order valence-corrected chi connectivity index (χ3v) is 4.34. The molecule has 1 aromatic heterocycles. The standard InChI is InChI=1S/C18H24N4O3/c1-3-7-19-18(24)22-9-4-8-21(10-11-22)17(23)14-5-6-15-16(12-14)25-13(2)20-15/h5-6,12H,3-4,7-11H2,1-2H3,(H,19,24). The van der Waals surface area contributed by atoms with Gasteiger partial charge in [0.15, 0.2) is 11.5 Å². The average molecular weight is 344 g/mol. The van der Waals surface area contributed by atoms with Gasteiger partial charge in [0.25, 0.3) is 5.91 Å². The molecule has 134 valence electrons. The number of aryl methyl sites for hydroxylation is 1. The Labute approximate surface area is 147 Å². The second-order valence-corrected chi connectivity index (χ2v) is 6.28. The topological polar surface area (TPSA) is 78.7 Å². The van der Waals surface area contributed by atoms with Gasteiger partial charge >= 0.3 is 6.03 Å². The predicted octanol–water partition coefficient (Wildman–Crippen LogP) is 2.40. The zero-order valence-electron chi connectivity index (χ0n) is 14.7. The first-order valence-corrected chi connectivity index (χ1v) is 8.77. The molecule has 0 aliphatic carbocycles. The molecule has 1 aromatic carbocycles. The fourth-order valence-electron chi connectivity index (χ4n) is 3.02. The van der Waals surface area contributed by atoms with E-state index in [0.29, 0.717) is 49.8 Å². The van der Waals surface area contributed by atoms with E-state index in [-0.39, 0.29) is 11.9 Å². The molecule has 1 aliphatic heterocycles. The van der Waals surface area contributed by atoms with Gasteiger partial charge in [-0.2, -0.15) is 0 Å². The summed E-state index contributed by atoms with van der Waals surface area (Å²) >= 11 is 0. The highest BCUT2D eigenvalue weighted by molar-refractivity contribution is 5.97. The van der Waals surface area contributed by atoms with Crippen molar-refractivity contribution in [2.75, 3.05) is 32.7 Å². The first-order valence-electron chi connectivity index (χ1n) is 8.77. The van der Waals surface area contributed by atoms with Crippen molar-refractivity contribution >= 4 is 23.0 Å². The van der Waals surface area contributed by atoms with E-state index in [1.54, 1.807) is 34.9 Å². The molecule has 0 spiro atoms. The van der Waals surface area contributed by atoms with Crippen molar-refractivity contribution in [3.63, 3.8) is 0 Å². The molecule has 3 rings (SSSR count). The fraction of sp³-hybridized carbons (Fsp3) is 0.500. The smallest absolute Gasteiger partial charge is 0.317 e. The van der Waals surface area contributed by atoms with Crippen LogP contribution in [0.2, 0.25) is 0 Å². The molecule has 1 N–H and O–H groups in total. The van der Waals surface area contributed by atoms with Crippen molar-refractivity contribution in [2.24, 2.45) is 0 Å². The van der Waals surface area contributed by atoms with Crippen molar-refractivity contribution in [1.29, 1.82) is 0 Å². The van der Waals surface area contributed by atoms with Crippen LogP contribution >= 0.6 is 0 Å². The van der Waals surface area contributed by atoms with E-state index in [2.05, 4.69) is 10.3 Å². The van der Waals surface area contributed by atoms with Gasteiger partial charge in [-0.15, -0.1) is 0 Å². The molecule has 1 fully saturated rings. The molecule has 0 unspecified atom stereocenters. The lowest BCUT2D eigenvalue weighted by atomic mass is 10.1. The maximum absolute atomic E-state index is 12.8. The molecule has 1 aliphatic rings. The number of nitrogens with zero attached hydrogens (tertiary/aromatic N) is 3. The van der Waals surface area contributed by atoms with Crippen LogP contribution in [0.3, 0.4) is 0 Å². The molecule has 1 saturated heterocycles. The Morgan fingerprint density at radius 2 is 1.96 bits per heavy atom. The highest BCUT2D eigenvalue weighted by atomic mass is 16.3. The molecule has 3 amide bonds. The summed E-state index contributed by atoms with van der Waals surface area (Å²) in [5.74, 6) is 0.551. The summed E-state index contributed by atoms with van der Waals surface area (Å²) in [6, 6.07) is 5.29. The molecule has 2 aromatic rings. The summed E-state index contributed by atoms with van der Waals surface area (Å²) < 4.78 is 5.51. The Balaban J connectivity index is 1.66. The van der Waals surface area contributed by atoms with Gasteiger partial charge in [0.05, 0.1) is 0 Å². The van der Waals surface area contributed by atoms with Crippen LogP contribution in [0.15, 0.2) is 22.6 Å². The number of urea groups is 1. The second kappa shape index (κ2) is 7.55. The van der Waals surface area contributed by atoms with Crippen LogP contribution in [-0.4, -0.2) is 59.4 Å². The Kier molecular flexibility index (Phi) is 5.21. The van der Waals surface area contributed by atoms with Gasteiger partial charge in [0, 0.05) is 45.2 Å². The molecule has 25 heavy (non-hydrogen) atoms. The monoisotopic (exact) mass is 344 g/mol. The number of hydrogen-bond donors (Lipinski definition) is 1. The van der Waals surface area contributed by atoms with Crippen LogP contribution in [0.4, 0.5) is 4.79 Å². The van der Waals surface area contributed by atoms with E-state index >= 15 is 0 Å². The zero-order valence-corrected chi connectivity index (χ0v) is 14.7. The number of aromatic nitrogens is 1. The lowest BCUT2D eigenvalue weighted by Crippen LogP contribution is -2.42. The SMILES string of the molecule is CCCNC(=O)N1CCCN(C(=O)c2ccc3nc(C)oc3c2)CC1. The van der Waals surface area contributed by atoms with Gasteiger partial charge in [0.1, 0.15) is 5.52 Å². The molecule has 2 heterocycles. The molecule has 0 bridgehead atoms. The minimum atomic E-state index is -0.0466. The van der Waals surface area contributed by atoms with Crippen LogP contribution in [0.25, 0.3) is 11.1 Å². The van der Waals surface area contributed by atoms with Crippen LogP contribution in [-0.2, 0) is 0 Å². The van der Waals surface area contributed by atoms with Gasteiger partial charge in [0.2, 0.25) is 0 Å². The van der Waals surface area contributed by atoms with Crippen molar-refractivity contribution < 1.29 is 14.0 Å². The highest BCUT2D eigenvalue weighted by Gasteiger charge is 2.23. The number of rotatable bonds is 3. The number of oxazole rings is 1. The van der Waals surface area contributed by atoms with Crippen molar-refractivity contribution in [2.45, 2.75) is 26.7 Å². The van der Waals surface area contributed by atoms with E-state index in [1.807, 2.05) is 6.92 Å². The summed E-state index contributed by atoms with van der Waals surface area (Å²) in [4.78, 5) is 32.7. The fourth-order valence-corrected chi connectivity index (χ4v) is 3.02. The first kappa shape index (κ1) is 17.3. The lowest BCUT2D eigenvalue weighted by Gasteiger charge is -2.22. The van der Waals surface area contributed by atoms with E-state index in [9.17, 15) is 9.59 Å². The van der Waals surface area contributed by atoms with E-state index in [1.165, 1.54) is 0 Å². The zero-order chi connectivity index (χ0) is 17.8. The number of amides is 3. The molecular weight excluding hydrogens is 320 g/mol. The van der Waals surface area contributed by atoms with Gasteiger partial charge < -0.3 is 19.5 Å². The number of fused-ring (bicyclic) bond motifs is 1. The van der Waals surface area contributed by atoms with Gasteiger partial charge in [-0.1, -0.05) is 6.92 Å². The maximum Gasteiger partial charge on any atom is 0.317 e. The Morgan fingerprint density at radius 3 is 2.76 bits per heavy atom. The van der Waals surface area contributed by atoms with E-state index in [0.717, 1.165) is 18.4 Å². The second-order valence-electron chi connectivity index (χ2n) is 6.28. The van der Waals surface area contributed by atoms with Crippen LogP contribution < -0.4 is 5.32 Å². The molecule has 0 radical (unpaired) electrons. The Bertz CT molecular complexity index is 771. The predicted molar refractivity (Wildman–Crippen MR) is 94.5 cm³/mol. The minimum absolute atomic E-state index is 0.0354. The third-order valence-electron chi connectivity index (χ3n) is 4.34. The van der Waals surface area contributed by atoms with E-state index in [4.69, 9.17) is 4.42 Å². The highest BCUT2D eigenvalue weighted by Crippen LogP contribution is 2.18. The van der Waals surface area contributed by atoms with Crippen LogP contribution in [0.5, 0.6) is 0 Å². The van der Waals surface area contributed by atoms with Crippen LogP contribution in [0, 0.1) is 6.92 Å². The number of benzene rings is 1. The molecule has 0 atom stereocenters. The maximum atomic E-state index is 12.8. The average Bonchev–Trinajstić information content (AvgIpc) is 2.82. The van der Waals surface area contributed by atoms with E-state index < -0.39 is 0 Å². The quantitative estimate of drug-likeness (QED) is 0.927. The normalized spacial score (nSPS) is 15.3. The third kappa shape index (κ3) is 3.92. The molecule has 7 nitrogen and oxygen atoms in total. The molecular formula is C18H24N4O3. The summed E-state index contributed by atoms with van der Waals surface area (Å²) in [6.07, 6.45) is 1.68. The first-order chi connectivity index (χ1) is 12.1. The number of carbonyl (C=O) groups excluding carboxylic acids is 2.